The summed E-state index contributed by atoms with van der Waals surface area (Å²) in [4.78, 5) is 26.2. The van der Waals surface area contributed by atoms with Crippen molar-refractivity contribution < 1.29 is 22.5 Å². The van der Waals surface area contributed by atoms with Gasteiger partial charge in [-0.15, -0.1) is 0 Å². The highest BCUT2D eigenvalue weighted by atomic mass is 35.5. The number of benzene rings is 1. The highest BCUT2D eigenvalue weighted by Crippen LogP contribution is 2.28. The van der Waals surface area contributed by atoms with Crippen LogP contribution in [0.15, 0.2) is 33.7 Å². The molecule has 0 atom stereocenters. The average molecular weight is 484 g/mol. The molecular formula is C20H26ClN5O5S. The van der Waals surface area contributed by atoms with Gasteiger partial charge in [0.2, 0.25) is 21.8 Å². The highest BCUT2D eigenvalue weighted by Gasteiger charge is 2.27. The largest absolute Gasteiger partial charge is 0.360 e. The predicted octanol–water partition coefficient (Wildman–Crippen LogP) is 2.32. The van der Waals surface area contributed by atoms with E-state index in [1.54, 1.807) is 24.9 Å². The number of hydrogen-bond acceptors (Lipinski definition) is 7. The van der Waals surface area contributed by atoms with Gasteiger partial charge in [0.15, 0.2) is 5.82 Å². The number of carbonyl (C=O) groups is 2. The lowest BCUT2D eigenvalue weighted by atomic mass is 10.3. The highest BCUT2D eigenvalue weighted by molar-refractivity contribution is 7.89. The monoisotopic (exact) mass is 483 g/mol. The Labute approximate surface area is 191 Å². The van der Waals surface area contributed by atoms with E-state index in [4.69, 9.17) is 16.1 Å². The molecule has 2 N–H and O–H groups in total. The summed E-state index contributed by atoms with van der Waals surface area (Å²) >= 11 is 6.16. The molecule has 2 amide bonds. The van der Waals surface area contributed by atoms with Crippen molar-refractivity contribution in [1.29, 1.82) is 0 Å². The Bertz CT molecular complexity index is 1080. The molecule has 0 saturated carbocycles. The third kappa shape index (κ3) is 6.28. The number of hydrogen-bond donors (Lipinski definition) is 2. The lowest BCUT2D eigenvalue weighted by Gasteiger charge is -2.17. The van der Waals surface area contributed by atoms with Crippen LogP contribution in [0.2, 0.25) is 5.02 Å². The second-order valence-electron chi connectivity index (χ2n) is 7.66. The molecule has 0 aliphatic carbocycles. The number of likely N-dealkylation sites (N-methyl/N-ethyl adjacent to an activating group) is 1. The zero-order chi connectivity index (χ0) is 23.3. The molecule has 0 spiro atoms. The van der Waals surface area contributed by atoms with Crippen molar-refractivity contribution in [3.8, 4) is 0 Å². The molecular weight excluding hydrogens is 458 g/mol. The van der Waals surface area contributed by atoms with Crippen molar-refractivity contribution in [2.45, 2.75) is 31.1 Å². The summed E-state index contributed by atoms with van der Waals surface area (Å²) in [5, 5.41) is 9.21. The molecule has 1 aromatic heterocycles. The lowest BCUT2D eigenvalue weighted by molar-refractivity contribution is -0.119. The molecule has 174 valence electrons. The fourth-order valence-electron chi connectivity index (χ4n) is 3.28. The summed E-state index contributed by atoms with van der Waals surface area (Å²) in [7, 11) is -1.91. The maximum Gasteiger partial charge on any atom is 0.243 e. The van der Waals surface area contributed by atoms with Gasteiger partial charge in [-0.2, -0.15) is 4.31 Å². The van der Waals surface area contributed by atoms with E-state index in [9.17, 15) is 18.0 Å². The minimum absolute atomic E-state index is 0.0590. The van der Waals surface area contributed by atoms with Crippen molar-refractivity contribution in [3.05, 3.63) is 35.0 Å². The van der Waals surface area contributed by atoms with Crippen molar-refractivity contribution >= 4 is 44.9 Å². The molecule has 32 heavy (non-hydrogen) atoms. The van der Waals surface area contributed by atoms with E-state index in [-0.39, 0.29) is 40.4 Å². The van der Waals surface area contributed by atoms with Crippen LogP contribution in [0.1, 0.15) is 25.0 Å². The predicted molar refractivity (Wildman–Crippen MR) is 120 cm³/mol. The summed E-state index contributed by atoms with van der Waals surface area (Å²) in [6, 6.07) is 5.88. The van der Waals surface area contributed by atoms with Gasteiger partial charge in [-0.25, -0.2) is 8.42 Å². The maximum atomic E-state index is 12.7. The van der Waals surface area contributed by atoms with Crippen LogP contribution in [-0.4, -0.2) is 67.8 Å². The molecule has 0 unspecified atom stereocenters. The standard InChI is InChI=1S/C20H26ClN5O5S/c1-14-11-18(24-31-14)23-20(28)13-25(2)10-7-19(27)22-17-12-15(5-6-16(17)21)32(29,30)26-8-3-4-9-26/h5-6,11-12H,3-4,7-10,13H2,1-2H3,(H,22,27)(H,23,24,28). The summed E-state index contributed by atoms with van der Waals surface area (Å²) in [5.74, 6) is 0.282. The number of rotatable bonds is 9. The molecule has 1 aliphatic heterocycles. The third-order valence-corrected chi connectivity index (χ3v) is 7.17. The van der Waals surface area contributed by atoms with Crippen LogP contribution < -0.4 is 10.6 Å². The molecule has 1 saturated heterocycles. The zero-order valence-corrected chi connectivity index (χ0v) is 19.5. The van der Waals surface area contributed by atoms with Gasteiger partial charge >= 0.3 is 0 Å². The van der Waals surface area contributed by atoms with E-state index >= 15 is 0 Å². The Balaban J connectivity index is 1.52. The minimum Gasteiger partial charge on any atom is -0.360 e. The Kier molecular flexibility index (Phi) is 7.88. The zero-order valence-electron chi connectivity index (χ0n) is 17.9. The first kappa shape index (κ1) is 24.2. The van der Waals surface area contributed by atoms with Crippen LogP contribution in [0.5, 0.6) is 0 Å². The van der Waals surface area contributed by atoms with E-state index < -0.39 is 10.0 Å². The van der Waals surface area contributed by atoms with Crippen molar-refractivity contribution in [2.24, 2.45) is 0 Å². The fourth-order valence-corrected chi connectivity index (χ4v) is 4.98. The molecule has 1 aliphatic rings. The normalized spacial score (nSPS) is 14.6. The van der Waals surface area contributed by atoms with Gasteiger partial charge in [0, 0.05) is 32.1 Å². The average Bonchev–Trinajstić information content (AvgIpc) is 3.40. The number of aromatic nitrogens is 1. The van der Waals surface area contributed by atoms with Crippen molar-refractivity contribution in [1.82, 2.24) is 14.4 Å². The Morgan fingerprint density at radius 1 is 1.19 bits per heavy atom. The first-order valence-corrected chi connectivity index (χ1v) is 12.0. The van der Waals surface area contributed by atoms with Gasteiger partial charge in [-0.3, -0.25) is 14.5 Å². The van der Waals surface area contributed by atoms with Crippen LogP contribution in [0, 0.1) is 6.92 Å². The smallest absolute Gasteiger partial charge is 0.243 e. The molecule has 2 aromatic rings. The van der Waals surface area contributed by atoms with Gasteiger partial charge in [0.25, 0.3) is 0 Å². The molecule has 12 heteroatoms. The fraction of sp³-hybridized carbons (Fsp3) is 0.450. The van der Waals surface area contributed by atoms with Gasteiger partial charge in [-0.1, -0.05) is 16.8 Å². The van der Waals surface area contributed by atoms with Crippen LogP contribution >= 0.6 is 11.6 Å². The number of amides is 2. The van der Waals surface area contributed by atoms with Gasteiger partial charge in [0.05, 0.1) is 22.2 Å². The first-order valence-electron chi connectivity index (χ1n) is 10.2. The number of aryl methyl sites for hydroxylation is 1. The SMILES string of the molecule is Cc1cc(NC(=O)CN(C)CCC(=O)Nc2cc(S(=O)(=O)N3CCCC3)ccc2Cl)no1. The van der Waals surface area contributed by atoms with Crippen molar-refractivity contribution in [2.75, 3.05) is 43.9 Å². The van der Waals surface area contributed by atoms with E-state index in [0.717, 1.165) is 12.8 Å². The summed E-state index contributed by atoms with van der Waals surface area (Å²) in [5.41, 5.74) is 0.235. The van der Waals surface area contributed by atoms with E-state index in [1.807, 2.05) is 0 Å². The van der Waals surface area contributed by atoms with Crippen LogP contribution in [0.25, 0.3) is 0 Å². The van der Waals surface area contributed by atoms with Gasteiger partial charge < -0.3 is 15.2 Å². The maximum absolute atomic E-state index is 12.7. The Morgan fingerprint density at radius 3 is 2.56 bits per heavy atom. The lowest BCUT2D eigenvalue weighted by Crippen LogP contribution is -2.32. The Hall–Kier alpha value is -2.47. The second-order valence-corrected chi connectivity index (χ2v) is 10.0. The molecule has 0 radical (unpaired) electrons. The quantitative estimate of drug-likeness (QED) is 0.560. The summed E-state index contributed by atoms with van der Waals surface area (Å²) in [6.07, 6.45) is 1.76. The van der Waals surface area contributed by atoms with E-state index in [2.05, 4.69) is 15.8 Å². The molecule has 2 heterocycles. The number of anilines is 2. The molecule has 3 rings (SSSR count). The topological polar surface area (TPSA) is 125 Å². The first-order chi connectivity index (χ1) is 15.1. The summed E-state index contributed by atoms with van der Waals surface area (Å²) < 4.78 is 31.8. The molecule has 10 nitrogen and oxygen atoms in total. The molecule has 1 aromatic carbocycles. The second kappa shape index (κ2) is 10.4. The number of halogens is 1. The number of nitrogens with one attached hydrogen (secondary N) is 2. The van der Waals surface area contributed by atoms with Gasteiger partial charge in [-0.05, 0) is 45.0 Å². The van der Waals surface area contributed by atoms with Crippen molar-refractivity contribution in [3.63, 3.8) is 0 Å². The molecule has 1 fully saturated rings. The minimum atomic E-state index is -3.62. The number of nitrogens with zero attached hydrogens (tertiary/aromatic N) is 3. The van der Waals surface area contributed by atoms with Crippen LogP contribution in [0.4, 0.5) is 11.5 Å². The van der Waals surface area contributed by atoms with Crippen LogP contribution in [0.3, 0.4) is 0 Å². The van der Waals surface area contributed by atoms with E-state index in [1.165, 1.54) is 22.5 Å². The third-order valence-electron chi connectivity index (χ3n) is 4.94. The Morgan fingerprint density at radius 2 is 1.91 bits per heavy atom. The number of sulfonamides is 1. The number of carbonyl (C=O) groups excluding carboxylic acids is 2. The van der Waals surface area contributed by atoms with E-state index in [0.29, 0.717) is 31.2 Å². The summed E-state index contributed by atoms with van der Waals surface area (Å²) in [6.45, 7) is 3.06. The van der Waals surface area contributed by atoms with Gasteiger partial charge in [0.1, 0.15) is 5.76 Å². The molecule has 0 bridgehead atoms. The van der Waals surface area contributed by atoms with Crippen LogP contribution in [-0.2, 0) is 19.6 Å².